The predicted molar refractivity (Wildman–Crippen MR) is 240 cm³/mol. The summed E-state index contributed by atoms with van der Waals surface area (Å²) in [7, 11) is 0. The second kappa shape index (κ2) is 31.5. The van der Waals surface area contributed by atoms with Gasteiger partial charge in [0.05, 0.1) is 117 Å². The SMILES string of the molecule is c1ccc2c(c1)OCCOCCOCCOc1ccc(N=Nc3ccc4c(c3)OCCOCCOCCOc3ccccc3OCCOCCOCCO4)cc1OCCOCCOCCO2. The summed E-state index contributed by atoms with van der Waals surface area (Å²) in [6, 6.07) is 25.7. The fourth-order valence-electron chi connectivity index (χ4n) is 6.05. The Hall–Kier alpha value is -5.44. The summed E-state index contributed by atoms with van der Waals surface area (Å²) >= 11 is 0. The van der Waals surface area contributed by atoms with E-state index >= 15 is 0 Å². The maximum Gasteiger partial charge on any atom is 0.163 e. The average molecular weight is 923 g/mol. The van der Waals surface area contributed by atoms with Crippen molar-refractivity contribution in [1.29, 1.82) is 0 Å². The highest BCUT2D eigenvalue weighted by Gasteiger charge is 2.12. The lowest BCUT2D eigenvalue weighted by Crippen LogP contribution is -2.15. The van der Waals surface area contributed by atoms with Crippen LogP contribution in [0.15, 0.2) is 95.2 Å². The molecule has 0 N–H and O–H groups in total. The molecular weight excluding hydrogens is 861 g/mol. The normalized spacial score (nSPS) is 18.5. The van der Waals surface area contributed by atoms with Gasteiger partial charge >= 0.3 is 0 Å². The van der Waals surface area contributed by atoms with Crippen LogP contribution in [-0.2, 0) is 37.9 Å². The quantitative estimate of drug-likeness (QED) is 0.195. The lowest BCUT2D eigenvalue weighted by atomic mass is 10.2. The van der Waals surface area contributed by atoms with Crippen LogP contribution in [0, 0.1) is 0 Å². The number of hydrogen-bond donors (Lipinski definition) is 0. The molecule has 2 heterocycles. The number of hydrogen-bond acceptors (Lipinski definition) is 18. The molecular formula is C48H62N2O16. The van der Waals surface area contributed by atoms with Crippen molar-refractivity contribution in [2.75, 3.05) is 159 Å². The van der Waals surface area contributed by atoms with Gasteiger partial charge in [0.15, 0.2) is 46.0 Å². The van der Waals surface area contributed by atoms with Crippen LogP contribution in [0.2, 0.25) is 0 Å². The van der Waals surface area contributed by atoms with Gasteiger partial charge < -0.3 is 75.8 Å². The van der Waals surface area contributed by atoms with Crippen LogP contribution in [0.3, 0.4) is 0 Å². The Balaban J connectivity index is 1.01. The Bertz CT molecular complexity index is 1820. The van der Waals surface area contributed by atoms with E-state index in [0.717, 1.165) is 0 Å². The maximum atomic E-state index is 6.11. The van der Waals surface area contributed by atoms with Crippen molar-refractivity contribution in [3.05, 3.63) is 84.9 Å². The first kappa shape index (κ1) is 50.0. The van der Waals surface area contributed by atoms with Crippen molar-refractivity contribution in [3.8, 4) is 46.0 Å². The highest BCUT2D eigenvalue weighted by atomic mass is 16.6. The van der Waals surface area contributed by atoms with Gasteiger partial charge in [0, 0.05) is 12.1 Å². The molecule has 0 amide bonds. The third-order valence-corrected chi connectivity index (χ3v) is 9.20. The van der Waals surface area contributed by atoms with E-state index in [9.17, 15) is 0 Å². The summed E-state index contributed by atoms with van der Waals surface area (Å²) in [4.78, 5) is 0. The van der Waals surface area contributed by atoms with Gasteiger partial charge in [-0.2, -0.15) is 10.2 Å². The third-order valence-electron chi connectivity index (χ3n) is 9.20. The van der Waals surface area contributed by atoms with E-state index in [-0.39, 0.29) is 13.2 Å². The molecule has 0 saturated heterocycles. The van der Waals surface area contributed by atoms with E-state index in [1.165, 1.54) is 0 Å². The Morgan fingerprint density at radius 3 is 0.652 bits per heavy atom. The largest absolute Gasteiger partial charge is 0.487 e. The monoisotopic (exact) mass is 922 g/mol. The zero-order chi connectivity index (χ0) is 45.4. The molecule has 4 aromatic rings. The lowest BCUT2D eigenvalue weighted by molar-refractivity contribution is 0.0223. The van der Waals surface area contributed by atoms with Crippen LogP contribution in [0.25, 0.3) is 0 Å². The van der Waals surface area contributed by atoms with E-state index < -0.39 is 0 Å². The maximum absolute atomic E-state index is 6.11. The topological polar surface area (TPSA) is 172 Å². The second-order valence-electron chi connectivity index (χ2n) is 14.0. The molecule has 2 aliphatic rings. The van der Waals surface area contributed by atoms with Gasteiger partial charge in [0.2, 0.25) is 0 Å². The summed E-state index contributed by atoms with van der Waals surface area (Å²) in [5.74, 6) is 4.62. The molecule has 6 rings (SSSR count). The first-order chi connectivity index (χ1) is 32.8. The van der Waals surface area contributed by atoms with Crippen LogP contribution in [-0.4, -0.2) is 159 Å². The summed E-state index contributed by atoms with van der Waals surface area (Å²) in [5, 5.41) is 9.00. The van der Waals surface area contributed by atoms with Crippen LogP contribution in [0.4, 0.5) is 11.4 Å². The number of nitrogens with zero attached hydrogens (tertiary/aromatic N) is 2. The fourth-order valence-corrected chi connectivity index (χ4v) is 6.05. The zero-order valence-corrected chi connectivity index (χ0v) is 37.5. The van der Waals surface area contributed by atoms with Crippen molar-refractivity contribution >= 4 is 11.4 Å². The standard InChI is InChI=1S/C48H62N2O16/c1-3-7-43-41(5-1)59-29-21-51-13-15-55-25-33-63-45-11-9-39(37-47(45)65-35-27-57-19-17-53-23-31-61-43)49-50-40-10-12-46-48(38-40)66-36-28-58-20-18-54-24-32-62-44-8-4-2-6-42(44)60-30-22-52-14-16-56-26-34-64-46/h1-12,37-38H,13-36H2. The van der Waals surface area contributed by atoms with E-state index in [0.29, 0.717) is 203 Å². The van der Waals surface area contributed by atoms with Crippen molar-refractivity contribution in [3.63, 3.8) is 0 Å². The average Bonchev–Trinajstić information content (AvgIpc) is 3.34. The highest BCUT2D eigenvalue weighted by molar-refractivity contribution is 5.54. The summed E-state index contributed by atoms with van der Waals surface area (Å²) in [6.45, 7) is 8.79. The van der Waals surface area contributed by atoms with Crippen molar-refractivity contribution in [1.82, 2.24) is 0 Å². The second-order valence-corrected chi connectivity index (χ2v) is 14.0. The number of azo groups is 1. The molecule has 4 aromatic carbocycles. The van der Waals surface area contributed by atoms with E-state index in [4.69, 9.17) is 75.8 Å². The van der Waals surface area contributed by atoms with Gasteiger partial charge in [-0.3, -0.25) is 0 Å². The van der Waals surface area contributed by atoms with Gasteiger partial charge in [-0.1, -0.05) is 24.3 Å². The summed E-state index contributed by atoms with van der Waals surface area (Å²) < 4.78 is 93.5. The minimum atomic E-state index is 0.266. The number of para-hydroxylation sites is 4. The number of fused-ring (bicyclic) bond motifs is 4. The molecule has 66 heavy (non-hydrogen) atoms. The summed E-state index contributed by atoms with van der Waals surface area (Å²) in [6.07, 6.45) is 0. The van der Waals surface area contributed by atoms with E-state index in [2.05, 4.69) is 10.2 Å². The number of rotatable bonds is 2. The molecule has 360 valence electrons. The molecule has 0 fully saturated rings. The highest BCUT2D eigenvalue weighted by Crippen LogP contribution is 2.35. The fraction of sp³-hybridized carbons (Fsp3) is 0.500. The van der Waals surface area contributed by atoms with Gasteiger partial charge in [-0.05, 0) is 48.5 Å². The van der Waals surface area contributed by atoms with Gasteiger partial charge in [-0.25, -0.2) is 0 Å². The van der Waals surface area contributed by atoms with E-state index in [1.807, 2.05) is 48.5 Å². The minimum Gasteiger partial charge on any atom is -0.487 e. The molecule has 2 aliphatic heterocycles. The first-order valence-corrected chi connectivity index (χ1v) is 22.3. The molecule has 18 heteroatoms. The molecule has 0 radical (unpaired) electrons. The first-order valence-electron chi connectivity index (χ1n) is 22.3. The zero-order valence-electron chi connectivity index (χ0n) is 37.5. The number of benzene rings is 4. The Morgan fingerprint density at radius 2 is 0.409 bits per heavy atom. The molecule has 0 atom stereocenters. The molecule has 0 unspecified atom stereocenters. The molecule has 0 bridgehead atoms. The molecule has 0 aromatic heterocycles. The van der Waals surface area contributed by atoms with Crippen molar-refractivity contribution in [2.45, 2.75) is 0 Å². The number of ether oxygens (including phenoxy) is 16. The molecule has 0 aliphatic carbocycles. The third kappa shape index (κ3) is 19.6. The van der Waals surface area contributed by atoms with Crippen molar-refractivity contribution < 1.29 is 75.8 Å². The molecule has 0 spiro atoms. The lowest BCUT2D eigenvalue weighted by Gasteiger charge is -2.15. The van der Waals surface area contributed by atoms with Crippen molar-refractivity contribution in [2.24, 2.45) is 10.2 Å². The van der Waals surface area contributed by atoms with Gasteiger partial charge in [-0.15, -0.1) is 0 Å². The smallest absolute Gasteiger partial charge is 0.163 e. The van der Waals surface area contributed by atoms with Crippen LogP contribution in [0.5, 0.6) is 46.0 Å². The van der Waals surface area contributed by atoms with Gasteiger partial charge in [0.25, 0.3) is 0 Å². The molecule has 18 nitrogen and oxygen atoms in total. The van der Waals surface area contributed by atoms with Crippen LogP contribution >= 0.6 is 0 Å². The minimum absolute atomic E-state index is 0.266. The van der Waals surface area contributed by atoms with E-state index in [1.54, 1.807) is 36.4 Å². The Morgan fingerprint density at radius 1 is 0.212 bits per heavy atom. The van der Waals surface area contributed by atoms with Crippen LogP contribution < -0.4 is 37.9 Å². The van der Waals surface area contributed by atoms with Gasteiger partial charge in [0.1, 0.15) is 52.9 Å². The predicted octanol–water partition coefficient (Wildman–Crippen LogP) is 6.69. The summed E-state index contributed by atoms with van der Waals surface area (Å²) in [5.41, 5.74) is 1.09. The molecule has 0 saturated carbocycles. The Kier molecular flexibility index (Phi) is 23.8. The van der Waals surface area contributed by atoms with Crippen LogP contribution in [0.1, 0.15) is 0 Å². The Labute approximate surface area is 386 Å².